The predicted molar refractivity (Wildman–Crippen MR) is 99.8 cm³/mol. The van der Waals surface area contributed by atoms with E-state index in [2.05, 4.69) is 68.4 Å². The summed E-state index contributed by atoms with van der Waals surface area (Å²) in [5, 5.41) is 1.23. The van der Waals surface area contributed by atoms with Crippen molar-refractivity contribution in [3.05, 3.63) is 0 Å². The van der Waals surface area contributed by atoms with Crippen molar-refractivity contribution in [2.24, 2.45) is 0 Å². The van der Waals surface area contributed by atoms with Gasteiger partial charge >= 0.3 is 0 Å². The molecule has 0 radical (unpaired) electrons. The van der Waals surface area contributed by atoms with E-state index in [4.69, 9.17) is 4.43 Å². The van der Waals surface area contributed by atoms with Gasteiger partial charge in [-0.05, 0) is 31.8 Å². The molecule has 0 aliphatic rings. The molecule has 6 heteroatoms. The smallest absolute Gasteiger partial charge is 0.195 e. The summed E-state index contributed by atoms with van der Waals surface area (Å²) < 4.78 is 8.48. The van der Waals surface area contributed by atoms with Crippen LogP contribution in [0, 0.1) is 0 Å². The fourth-order valence-corrected chi connectivity index (χ4v) is 15.4. The molecule has 0 bridgehead atoms. The van der Waals surface area contributed by atoms with Crippen LogP contribution in [0.4, 0.5) is 0 Å². The Hall–Kier alpha value is 0.921. The Bertz CT molecular complexity index is 248. The van der Waals surface area contributed by atoms with Gasteiger partial charge in [0, 0.05) is 12.5 Å². The zero-order valence-electron chi connectivity index (χ0n) is 14.6. The van der Waals surface area contributed by atoms with Gasteiger partial charge in [0.25, 0.3) is 0 Å². The monoisotopic (exact) mass is 337 g/mol. The number of rotatable bonds is 9. The summed E-state index contributed by atoms with van der Waals surface area (Å²) in [6.07, 6.45) is 1.33. The first kappa shape index (κ1) is 19.9. The lowest BCUT2D eigenvalue weighted by molar-refractivity contribution is 0.410. The van der Waals surface area contributed by atoms with Gasteiger partial charge in [0.05, 0.1) is 0 Å². The molecule has 2 nitrogen and oxygen atoms in total. The molecule has 0 saturated heterocycles. The fraction of sp³-hybridized carbons (Fsp3) is 1.00. The molecule has 0 amide bonds. The molecule has 0 aromatic carbocycles. The van der Waals surface area contributed by atoms with Gasteiger partial charge in [0.2, 0.25) is 0 Å². The van der Waals surface area contributed by atoms with Crippen molar-refractivity contribution in [1.29, 1.82) is 0 Å². The summed E-state index contributed by atoms with van der Waals surface area (Å²) in [5.74, 6) is 1.28. The van der Waals surface area contributed by atoms with Gasteiger partial charge in [-0.3, -0.25) is 0 Å². The molecule has 0 atom stereocenters. The number of hydrogen-bond donors (Lipinski definition) is 0. The van der Waals surface area contributed by atoms with E-state index in [1.54, 1.807) is 0 Å². The van der Waals surface area contributed by atoms with Gasteiger partial charge in [-0.15, -0.1) is 0 Å². The Morgan fingerprint density at radius 2 is 1.37 bits per heavy atom. The third kappa shape index (κ3) is 8.72. The van der Waals surface area contributed by atoms with Crippen molar-refractivity contribution in [3.63, 3.8) is 0 Å². The van der Waals surface area contributed by atoms with Crippen molar-refractivity contribution in [2.75, 3.05) is 24.8 Å². The highest BCUT2D eigenvalue weighted by Gasteiger charge is 2.33. The van der Waals surface area contributed by atoms with Crippen LogP contribution in [0.3, 0.4) is 0 Å². The second kappa shape index (κ2) is 7.79. The highest BCUT2D eigenvalue weighted by Crippen LogP contribution is 2.21. The van der Waals surface area contributed by atoms with E-state index >= 15 is 0 Å². The summed E-state index contributed by atoms with van der Waals surface area (Å²) in [7, 11) is -1.81. The lowest BCUT2D eigenvalue weighted by Crippen LogP contribution is -2.59. The number of thioether (sulfide) groups is 1. The van der Waals surface area contributed by atoms with Crippen molar-refractivity contribution in [3.8, 4) is 0 Å². The van der Waals surface area contributed by atoms with E-state index in [1.807, 2.05) is 7.11 Å². The van der Waals surface area contributed by atoms with Crippen LogP contribution in [-0.2, 0) is 4.43 Å². The Labute approximate surface area is 129 Å². The largest absolute Gasteiger partial charge is 0.420 e. The van der Waals surface area contributed by atoms with Crippen molar-refractivity contribution in [1.82, 2.24) is 4.23 Å². The van der Waals surface area contributed by atoms with Crippen LogP contribution in [0.15, 0.2) is 0 Å². The molecule has 0 saturated carbocycles. The van der Waals surface area contributed by atoms with E-state index in [9.17, 15) is 0 Å². The maximum Gasteiger partial charge on any atom is 0.195 e. The Kier molecular flexibility index (Phi) is 8.17. The standard InChI is InChI=1S/C13H35NOSSi3/c1-15-19(8,9)13-16-12-10-11-14(17(2,3)4)18(5,6)7/h10-13H2,1-9H3. The van der Waals surface area contributed by atoms with Crippen LogP contribution in [0.2, 0.25) is 52.4 Å². The summed E-state index contributed by atoms with van der Waals surface area (Å²) in [4.78, 5) is 0. The first-order valence-corrected chi connectivity index (χ1v) is 18.5. The Morgan fingerprint density at radius 1 is 0.895 bits per heavy atom. The molecular weight excluding hydrogens is 302 g/mol. The summed E-state index contributed by atoms with van der Waals surface area (Å²) in [5.41, 5.74) is 0. The summed E-state index contributed by atoms with van der Waals surface area (Å²) in [6.45, 7) is 20.8. The van der Waals surface area contributed by atoms with Crippen LogP contribution < -0.4 is 0 Å². The third-order valence-electron chi connectivity index (χ3n) is 3.29. The Balaban J connectivity index is 4.10. The molecule has 0 aliphatic carbocycles. The minimum absolute atomic E-state index is 1.16. The average Bonchev–Trinajstić information content (AvgIpc) is 2.19. The number of nitrogens with zero attached hydrogens (tertiary/aromatic N) is 1. The van der Waals surface area contributed by atoms with E-state index in [1.165, 1.54) is 24.1 Å². The van der Waals surface area contributed by atoms with Crippen LogP contribution in [-0.4, -0.2) is 53.8 Å². The van der Waals surface area contributed by atoms with Crippen molar-refractivity contribution < 1.29 is 4.43 Å². The maximum atomic E-state index is 5.60. The minimum atomic E-state index is -1.36. The van der Waals surface area contributed by atoms with E-state index in [-0.39, 0.29) is 0 Å². The zero-order chi connectivity index (χ0) is 15.3. The molecule has 0 rings (SSSR count). The van der Waals surface area contributed by atoms with Crippen LogP contribution in [0.25, 0.3) is 0 Å². The normalized spacial score (nSPS) is 14.2. The molecular formula is C13H35NOSSi3. The van der Waals surface area contributed by atoms with Crippen molar-refractivity contribution in [2.45, 2.75) is 58.8 Å². The van der Waals surface area contributed by atoms with Gasteiger partial charge in [-0.25, -0.2) is 0 Å². The molecule has 116 valence electrons. The molecule has 0 unspecified atom stereocenters. The first-order valence-electron chi connectivity index (χ1n) is 7.31. The van der Waals surface area contributed by atoms with Crippen molar-refractivity contribution >= 4 is 36.6 Å². The number of hydrogen-bond acceptors (Lipinski definition) is 3. The second-order valence-electron chi connectivity index (χ2n) is 7.86. The summed E-state index contributed by atoms with van der Waals surface area (Å²) >= 11 is 2.09. The van der Waals surface area contributed by atoms with Gasteiger partial charge in [0.1, 0.15) is 16.5 Å². The molecule has 0 N–H and O–H groups in total. The van der Waals surface area contributed by atoms with Crippen LogP contribution in [0.1, 0.15) is 6.42 Å². The quantitative estimate of drug-likeness (QED) is 0.455. The zero-order valence-corrected chi connectivity index (χ0v) is 18.4. The highest BCUT2D eigenvalue weighted by molar-refractivity contribution is 8.00. The summed E-state index contributed by atoms with van der Waals surface area (Å²) in [6, 6.07) is 0. The predicted octanol–water partition coefficient (Wildman–Crippen LogP) is 4.47. The van der Waals surface area contributed by atoms with Gasteiger partial charge in [0.15, 0.2) is 8.32 Å². The Morgan fingerprint density at radius 3 is 1.74 bits per heavy atom. The average molecular weight is 338 g/mol. The van der Waals surface area contributed by atoms with Gasteiger partial charge < -0.3 is 8.66 Å². The van der Waals surface area contributed by atoms with E-state index in [0.29, 0.717) is 0 Å². The lowest BCUT2D eigenvalue weighted by Gasteiger charge is -2.43. The molecule has 0 aromatic rings. The fourth-order valence-electron chi connectivity index (χ4n) is 2.38. The van der Waals surface area contributed by atoms with Gasteiger partial charge in [-0.2, -0.15) is 11.8 Å². The second-order valence-corrected chi connectivity index (χ2v) is 24.0. The molecule has 0 aromatic heterocycles. The van der Waals surface area contributed by atoms with Gasteiger partial charge in [-0.1, -0.05) is 39.3 Å². The SMILES string of the molecule is CO[Si](C)(C)CSCCCN([Si](C)(C)C)[Si](C)(C)C. The highest BCUT2D eigenvalue weighted by atomic mass is 32.2. The molecule has 19 heavy (non-hydrogen) atoms. The third-order valence-corrected chi connectivity index (χ3v) is 16.3. The molecule has 0 aliphatic heterocycles. The maximum absolute atomic E-state index is 5.60. The van der Waals surface area contributed by atoms with Crippen LogP contribution in [0.5, 0.6) is 0 Å². The van der Waals surface area contributed by atoms with Crippen LogP contribution >= 0.6 is 11.8 Å². The first-order chi connectivity index (χ1) is 8.40. The lowest BCUT2D eigenvalue weighted by atomic mass is 10.5. The molecule has 0 heterocycles. The molecule has 0 spiro atoms. The van der Waals surface area contributed by atoms with E-state index in [0.717, 1.165) is 0 Å². The topological polar surface area (TPSA) is 12.5 Å². The molecule has 0 fully saturated rings. The van der Waals surface area contributed by atoms with E-state index < -0.39 is 24.8 Å². The minimum Gasteiger partial charge on any atom is -0.420 e.